The molecule has 1 aliphatic heterocycles. The SMILES string of the molecule is CC(NS(=O)(=O)c1ccccc1C#CCO)C1CCOC1. The van der Waals surface area contributed by atoms with Crippen molar-refractivity contribution in [2.45, 2.75) is 24.3 Å². The first-order valence-corrected chi connectivity index (χ1v) is 8.32. The van der Waals surface area contributed by atoms with Gasteiger partial charge < -0.3 is 9.84 Å². The van der Waals surface area contributed by atoms with E-state index in [0.717, 1.165) is 6.42 Å². The number of ether oxygens (including phenoxy) is 1. The quantitative estimate of drug-likeness (QED) is 0.804. The third kappa shape index (κ3) is 4.05. The average Bonchev–Trinajstić information content (AvgIpc) is 2.99. The molecule has 0 aromatic heterocycles. The van der Waals surface area contributed by atoms with E-state index < -0.39 is 10.0 Å². The lowest BCUT2D eigenvalue weighted by Crippen LogP contribution is -2.38. The summed E-state index contributed by atoms with van der Waals surface area (Å²) in [6.45, 7) is 2.79. The highest BCUT2D eigenvalue weighted by molar-refractivity contribution is 7.89. The summed E-state index contributed by atoms with van der Waals surface area (Å²) < 4.78 is 33.0. The van der Waals surface area contributed by atoms with E-state index >= 15 is 0 Å². The minimum Gasteiger partial charge on any atom is -0.384 e. The summed E-state index contributed by atoms with van der Waals surface area (Å²) in [5.74, 6) is 5.34. The van der Waals surface area contributed by atoms with Gasteiger partial charge in [-0.05, 0) is 25.5 Å². The molecular weight excluding hydrogens is 290 g/mol. The number of nitrogens with one attached hydrogen (secondary N) is 1. The van der Waals surface area contributed by atoms with Gasteiger partial charge in [0.2, 0.25) is 10.0 Å². The predicted octanol–water partition coefficient (Wildman–Crippen LogP) is 0.734. The van der Waals surface area contributed by atoms with Gasteiger partial charge in [-0.2, -0.15) is 0 Å². The second-order valence-corrected chi connectivity index (χ2v) is 6.67. The van der Waals surface area contributed by atoms with Gasteiger partial charge in [0.25, 0.3) is 0 Å². The number of hydrogen-bond donors (Lipinski definition) is 2. The first-order valence-electron chi connectivity index (χ1n) is 6.83. The molecule has 1 heterocycles. The Hall–Kier alpha value is -1.39. The Kier molecular flexibility index (Phi) is 5.37. The fraction of sp³-hybridized carbons (Fsp3) is 0.467. The lowest BCUT2D eigenvalue weighted by atomic mass is 10.0. The Morgan fingerprint density at radius 2 is 2.24 bits per heavy atom. The van der Waals surface area contributed by atoms with Crippen molar-refractivity contribution in [3.05, 3.63) is 29.8 Å². The monoisotopic (exact) mass is 309 g/mol. The summed E-state index contributed by atoms with van der Waals surface area (Å²) in [6, 6.07) is 6.31. The van der Waals surface area contributed by atoms with Crippen molar-refractivity contribution in [3.63, 3.8) is 0 Å². The van der Waals surface area contributed by atoms with Crippen LogP contribution in [0.3, 0.4) is 0 Å². The van der Waals surface area contributed by atoms with E-state index in [2.05, 4.69) is 16.6 Å². The van der Waals surface area contributed by atoms with E-state index in [9.17, 15) is 8.42 Å². The van der Waals surface area contributed by atoms with Crippen LogP contribution in [0.1, 0.15) is 18.9 Å². The Morgan fingerprint density at radius 1 is 1.48 bits per heavy atom. The summed E-state index contributed by atoms with van der Waals surface area (Å²) in [4.78, 5) is 0.136. The molecule has 2 rings (SSSR count). The largest absolute Gasteiger partial charge is 0.384 e. The molecule has 2 unspecified atom stereocenters. The molecule has 0 saturated carbocycles. The Bertz CT molecular complexity index is 639. The standard InChI is InChI=1S/C15H19NO4S/c1-12(14-8-10-20-11-14)16-21(18,19)15-7-3-2-5-13(15)6-4-9-17/h2-3,5,7,12,14,16-17H,8-11H2,1H3. The van der Waals surface area contributed by atoms with Crippen LogP contribution in [0.15, 0.2) is 29.2 Å². The highest BCUT2D eigenvalue weighted by atomic mass is 32.2. The van der Waals surface area contributed by atoms with Gasteiger partial charge in [0.05, 0.1) is 11.5 Å². The lowest BCUT2D eigenvalue weighted by molar-refractivity contribution is 0.180. The van der Waals surface area contributed by atoms with Gasteiger partial charge in [0.15, 0.2) is 0 Å². The number of aliphatic hydroxyl groups is 1. The Balaban J connectivity index is 2.23. The molecule has 0 radical (unpaired) electrons. The first kappa shape index (κ1) is 16.0. The molecule has 2 atom stereocenters. The van der Waals surface area contributed by atoms with Crippen molar-refractivity contribution < 1.29 is 18.3 Å². The van der Waals surface area contributed by atoms with Gasteiger partial charge in [0, 0.05) is 24.1 Å². The average molecular weight is 309 g/mol. The van der Waals surface area contributed by atoms with E-state index in [0.29, 0.717) is 18.8 Å². The van der Waals surface area contributed by atoms with E-state index in [-0.39, 0.29) is 23.5 Å². The molecule has 1 saturated heterocycles. The molecule has 21 heavy (non-hydrogen) atoms. The van der Waals surface area contributed by atoms with Crippen LogP contribution < -0.4 is 4.72 Å². The third-order valence-electron chi connectivity index (χ3n) is 3.49. The van der Waals surface area contributed by atoms with Crippen molar-refractivity contribution in [1.82, 2.24) is 4.72 Å². The normalized spacial score (nSPS) is 19.8. The maximum atomic E-state index is 12.5. The van der Waals surface area contributed by atoms with Crippen LogP contribution in [-0.4, -0.2) is 39.4 Å². The number of rotatable bonds is 4. The van der Waals surface area contributed by atoms with Crippen LogP contribution in [0.2, 0.25) is 0 Å². The van der Waals surface area contributed by atoms with Crippen molar-refractivity contribution in [2.24, 2.45) is 5.92 Å². The molecule has 5 nitrogen and oxygen atoms in total. The fourth-order valence-corrected chi connectivity index (χ4v) is 3.77. The minimum absolute atomic E-state index is 0.136. The first-order chi connectivity index (χ1) is 10.0. The number of benzene rings is 1. The van der Waals surface area contributed by atoms with Crippen molar-refractivity contribution in [3.8, 4) is 11.8 Å². The molecule has 0 amide bonds. The molecule has 1 aromatic rings. The third-order valence-corrected chi connectivity index (χ3v) is 5.11. The van der Waals surface area contributed by atoms with Crippen LogP contribution in [0.25, 0.3) is 0 Å². The molecular formula is C15H19NO4S. The zero-order chi connectivity index (χ0) is 15.3. The van der Waals surface area contributed by atoms with Gasteiger partial charge in [-0.15, -0.1) is 0 Å². The zero-order valence-electron chi connectivity index (χ0n) is 11.9. The topological polar surface area (TPSA) is 75.6 Å². The van der Waals surface area contributed by atoms with Crippen LogP contribution in [0.4, 0.5) is 0 Å². The lowest BCUT2D eigenvalue weighted by Gasteiger charge is -2.19. The molecule has 1 aliphatic rings. The van der Waals surface area contributed by atoms with Crippen LogP contribution in [0, 0.1) is 17.8 Å². The summed E-state index contributed by atoms with van der Waals surface area (Å²) in [6.07, 6.45) is 0.857. The predicted molar refractivity (Wildman–Crippen MR) is 79.1 cm³/mol. The molecule has 1 fully saturated rings. The Morgan fingerprint density at radius 3 is 2.90 bits per heavy atom. The molecule has 1 aromatic carbocycles. The number of sulfonamides is 1. The van der Waals surface area contributed by atoms with Crippen LogP contribution in [0.5, 0.6) is 0 Å². The number of hydrogen-bond acceptors (Lipinski definition) is 4. The highest BCUT2D eigenvalue weighted by Crippen LogP contribution is 2.20. The highest BCUT2D eigenvalue weighted by Gasteiger charge is 2.27. The summed E-state index contributed by atoms with van der Waals surface area (Å²) in [7, 11) is -3.65. The van der Waals surface area contributed by atoms with Crippen LogP contribution >= 0.6 is 0 Å². The van der Waals surface area contributed by atoms with Gasteiger partial charge in [-0.3, -0.25) is 0 Å². The maximum Gasteiger partial charge on any atom is 0.242 e. The summed E-state index contributed by atoms with van der Waals surface area (Å²) in [5.41, 5.74) is 0.383. The second kappa shape index (κ2) is 7.05. The summed E-state index contributed by atoms with van der Waals surface area (Å²) in [5, 5.41) is 8.76. The number of aliphatic hydroxyl groups excluding tert-OH is 1. The molecule has 0 spiro atoms. The zero-order valence-corrected chi connectivity index (χ0v) is 12.7. The Labute approximate surface area is 125 Å². The molecule has 0 aliphatic carbocycles. The second-order valence-electron chi connectivity index (χ2n) is 4.99. The van der Waals surface area contributed by atoms with Gasteiger partial charge in [-0.25, -0.2) is 13.1 Å². The smallest absolute Gasteiger partial charge is 0.242 e. The summed E-state index contributed by atoms with van der Waals surface area (Å²) >= 11 is 0. The molecule has 114 valence electrons. The van der Waals surface area contributed by atoms with E-state index in [1.165, 1.54) is 6.07 Å². The minimum atomic E-state index is -3.65. The van der Waals surface area contributed by atoms with Crippen molar-refractivity contribution in [2.75, 3.05) is 19.8 Å². The molecule has 0 bridgehead atoms. The van der Waals surface area contributed by atoms with Gasteiger partial charge >= 0.3 is 0 Å². The van der Waals surface area contributed by atoms with Crippen molar-refractivity contribution >= 4 is 10.0 Å². The van der Waals surface area contributed by atoms with Crippen molar-refractivity contribution in [1.29, 1.82) is 0 Å². The van der Waals surface area contributed by atoms with E-state index in [1.807, 2.05) is 6.92 Å². The molecule has 6 heteroatoms. The fourth-order valence-electron chi connectivity index (χ4n) is 2.29. The van der Waals surface area contributed by atoms with Crippen LogP contribution in [-0.2, 0) is 14.8 Å². The van der Waals surface area contributed by atoms with E-state index in [4.69, 9.17) is 9.84 Å². The molecule has 2 N–H and O–H groups in total. The van der Waals surface area contributed by atoms with E-state index in [1.54, 1.807) is 18.2 Å². The van der Waals surface area contributed by atoms with Gasteiger partial charge in [0.1, 0.15) is 6.61 Å². The van der Waals surface area contributed by atoms with Gasteiger partial charge in [-0.1, -0.05) is 24.0 Å². The maximum absolute atomic E-state index is 12.5.